The van der Waals surface area contributed by atoms with Gasteiger partial charge in [0.1, 0.15) is 0 Å². The van der Waals surface area contributed by atoms with Gasteiger partial charge in [0.15, 0.2) is 15.5 Å². The molecule has 3 heterocycles. The van der Waals surface area contributed by atoms with Crippen LogP contribution in [0.3, 0.4) is 0 Å². The number of esters is 1. The van der Waals surface area contributed by atoms with Gasteiger partial charge in [0.25, 0.3) is 0 Å². The molecule has 0 spiro atoms. The summed E-state index contributed by atoms with van der Waals surface area (Å²) in [7, 11) is 3.25. The number of carbonyl (C=O) groups excluding carboxylic acids is 3. The van der Waals surface area contributed by atoms with Crippen molar-refractivity contribution in [1.29, 1.82) is 0 Å². The summed E-state index contributed by atoms with van der Waals surface area (Å²) in [5, 5.41) is 1.24. The molecule has 2 saturated carbocycles. The van der Waals surface area contributed by atoms with Gasteiger partial charge in [0.05, 0.1) is 48.9 Å². The van der Waals surface area contributed by atoms with Gasteiger partial charge in [0, 0.05) is 16.0 Å². The van der Waals surface area contributed by atoms with E-state index < -0.39 is 5.97 Å². The van der Waals surface area contributed by atoms with Crippen molar-refractivity contribution in [1.82, 2.24) is 4.98 Å². The standard InChI is InChI=1S/C30H28N2O6S3/c1-4-38-29(35)13-5-8-15(9-6-13)32-27(33)22-16-12-17(23(22)28(32)34)24-21(16)20(25-26(40-24)31-30(39)41-25)14-7-10-18(36-2)19(11-14)37-3/h5-11,16-17,20-24H,4,12H2,1-3H3,(H,31,39). The first-order chi connectivity index (χ1) is 19.9. The fourth-order valence-electron chi connectivity index (χ4n) is 7.65. The highest BCUT2D eigenvalue weighted by Gasteiger charge is 2.69. The lowest BCUT2D eigenvalue weighted by Crippen LogP contribution is -2.42. The molecule has 0 radical (unpaired) electrons. The van der Waals surface area contributed by atoms with Crippen LogP contribution in [-0.4, -0.2) is 48.8 Å². The minimum absolute atomic E-state index is 0.0192. The number of imide groups is 1. The van der Waals surface area contributed by atoms with Crippen LogP contribution in [0.1, 0.15) is 40.1 Å². The summed E-state index contributed by atoms with van der Waals surface area (Å²) in [4.78, 5) is 46.0. The number of anilines is 1. The number of hydrogen-bond donors (Lipinski definition) is 1. The van der Waals surface area contributed by atoms with Gasteiger partial charge in [-0.2, -0.15) is 0 Å². The number of ether oxygens (including phenoxy) is 3. The van der Waals surface area contributed by atoms with Gasteiger partial charge in [-0.05, 0) is 85.3 Å². The predicted octanol–water partition coefficient (Wildman–Crippen LogP) is 5.68. The Kier molecular flexibility index (Phi) is 6.51. The SMILES string of the molecule is CCOC(=O)c1ccc(N2C(=O)C3C4CC(C3C2=O)C2C(c3ccc(OC)c(OC)c3)c3sc(=S)[nH]c3SC42)cc1. The van der Waals surface area contributed by atoms with Crippen LogP contribution in [0.15, 0.2) is 47.5 Å². The van der Waals surface area contributed by atoms with Crippen molar-refractivity contribution in [2.24, 2.45) is 29.6 Å². The molecule has 7 atom stereocenters. The Labute approximate surface area is 250 Å². The second kappa shape index (κ2) is 9.99. The van der Waals surface area contributed by atoms with E-state index >= 15 is 0 Å². The van der Waals surface area contributed by atoms with Gasteiger partial charge in [-0.1, -0.05) is 6.07 Å². The lowest BCUT2D eigenvalue weighted by atomic mass is 9.68. The molecule has 2 aliphatic heterocycles. The molecule has 11 heteroatoms. The summed E-state index contributed by atoms with van der Waals surface area (Å²) in [6.07, 6.45) is 0.851. The molecule has 212 valence electrons. The molecule has 41 heavy (non-hydrogen) atoms. The van der Waals surface area contributed by atoms with Crippen molar-refractivity contribution in [3.05, 3.63) is 62.4 Å². The summed E-state index contributed by atoms with van der Waals surface area (Å²) in [5.41, 5.74) is 1.98. The number of thiazole rings is 1. The molecule has 7 rings (SSSR count). The number of methoxy groups -OCH3 is 2. The van der Waals surface area contributed by atoms with E-state index in [1.54, 1.807) is 68.5 Å². The Morgan fingerprint density at radius 1 is 1.02 bits per heavy atom. The van der Waals surface area contributed by atoms with Crippen LogP contribution in [0, 0.1) is 33.5 Å². The van der Waals surface area contributed by atoms with E-state index in [2.05, 4.69) is 11.1 Å². The van der Waals surface area contributed by atoms with Gasteiger partial charge in [-0.15, -0.1) is 23.1 Å². The van der Waals surface area contributed by atoms with Crippen LogP contribution in [0.2, 0.25) is 0 Å². The number of thioether (sulfide) groups is 1. The highest BCUT2D eigenvalue weighted by molar-refractivity contribution is 8.00. The topological polar surface area (TPSA) is 97.9 Å². The highest BCUT2D eigenvalue weighted by atomic mass is 32.2. The van der Waals surface area contributed by atoms with Crippen molar-refractivity contribution in [3.63, 3.8) is 0 Å². The third kappa shape index (κ3) is 3.92. The van der Waals surface area contributed by atoms with Crippen LogP contribution in [0.5, 0.6) is 11.5 Å². The predicted molar refractivity (Wildman–Crippen MR) is 157 cm³/mol. The Hall–Kier alpha value is -3.15. The number of nitrogens with zero attached hydrogens (tertiary/aromatic N) is 1. The maximum Gasteiger partial charge on any atom is 0.338 e. The molecular weight excluding hydrogens is 581 g/mol. The van der Waals surface area contributed by atoms with E-state index in [4.69, 9.17) is 26.4 Å². The third-order valence-corrected chi connectivity index (χ3v) is 12.1. The summed E-state index contributed by atoms with van der Waals surface area (Å²) < 4.78 is 16.9. The first-order valence-electron chi connectivity index (χ1n) is 13.6. The molecule has 3 aromatic rings. The molecule has 1 saturated heterocycles. The zero-order chi connectivity index (χ0) is 28.6. The number of aromatic nitrogens is 1. The summed E-state index contributed by atoms with van der Waals surface area (Å²) in [6, 6.07) is 12.6. The largest absolute Gasteiger partial charge is 0.493 e. The average Bonchev–Trinajstić information content (AvgIpc) is 3.71. The minimum atomic E-state index is -0.429. The van der Waals surface area contributed by atoms with Crippen molar-refractivity contribution < 1.29 is 28.6 Å². The molecule has 3 fully saturated rings. The highest BCUT2D eigenvalue weighted by Crippen LogP contribution is 2.69. The van der Waals surface area contributed by atoms with E-state index in [-0.39, 0.29) is 59.2 Å². The summed E-state index contributed by atoms with van der Waals surface area (Å²) >= 11 is 8.94. The number of H-pyrrole nitrogens is 1. The molecule has 4 aliphatic rings. The fourth-order valence-corrected chi connectivity index (χ4v) is 11.0. The Balaban J connectivity index is 1.26. The van der Waals surface area contributed by atoms with E-state index in [1.165, 1.54) is 9.78 Å². The molecule has 7 unspecified atom stereocenters. The van der Waals surface area contributed by atoms with E-state index in [0.29, 0.717) is 22.7 Å². The zero-order valence-corrected chi connectivity index (χ0v) is 25.1. The van der Waals surface area contributed by atoms with Crippen LogP contribution in [0.4, 0.5) is 5.69 Å². The molecule has 1 aromatic heterocycles. The Morgan fingerprint density at radius 2 is 1.73 bits per heavy atom. The number of hydrogen-bond acceptors (Lipinski definition) is 9. The smallest absolute Gasteiger partial charge is 0.338 e. The number of aromatic amines is 1. The summed E-state index contributed by atoms with van der Waals surface area (Å²) in [6.45, 7) is 2.03. The van der Waals surface area contributed by atoms with Crippen LogP contribution < -0.4 is 14.4 Å². The van der Waals surface area contributed by atoms with E-state index in [1.807, 2.05) is 12.1 Å². The molecule has 1 N–H and O–H groups in total. The van der Waals surface area contributed by atoms with Crippen LogP contribution >= 0.6 is 35.3 Å². The average molecular weight is 609 g/mol. The van der Waals surface area contributed by atoms with E-state index in [9.17, 15) is 14.4 Å². The van der Waals surface area contributed by atoms with Gasteiger partial charge in [-0.25, -0.2) is 4.79 Å². The molecular formula is C30H28N2O6S3. The molecule has 2 amide bonds. The molecule has 8 nitrogen and oxygen atoms in total. The number of rotatable bonds is 6. The number of benzene rings is 2. The van der Waals surface area contributed by atoms with E-state index in [0.717, 1.165) is 21.0 Å². The maximum atomic E-state index is 14.0. The second-order valence-corrected chi connectivity index (χ2v) is 13.8. The molecule has 2 aromatic carbocycles. The number of fused-ring (bicyclic) bond motifs is 9. The van der Waals surface area contributed by atoms with Crippen molar-refractivity contribution in [3.8, 4) is 11.5 Å². The normalized spacial score (nSPS) is 29.2. The number of nitrogens with one attached hydrogen (secondary N) is 1. The monoisotopic (exact) mass is 608 g/mol. The summed E-state index contributed by atoms with van der Waals surface area (Å²) in [5.74, 6) is 0.229. The maximum absolute atomic E-state index is 14.0. The second-order valence-electron chi connectivity index (χ2n) is 10.9. The minimum Gasteiger partial charge on any atom is -0.493 e. The Morgan fingerprint density at radius 3 is 2.41 bits per heavy atom. The quantitative estimate of drug-likeness (QED) is 0.217. The first kappa shape index (κ1) is 26.7. The zero-order valence-electron chi connectivity index (χ0n) is 22.6. The van der Waals surface area contributed by atoms with Crippen LogP contribution in [0.25, 0.3) is 0 Å². The lowest BCUT2D eigenvalue weighted by Gasteiger charge is -2.43. The number of amides is 2. The van der Waals surface area contributed by atoms with Gasteiger partial charge in [-0.3, -0.25) is 14.5 Å². The lowest BCUT2D eigenvalue weighted by molar-refractivity contribution is -0.123. The third-order valence-electron chi connectivity index (χ3n) is 9.13. The number of carbonyl (C=O) groups is 3. The Bertz CT molecular complexity index is 1630. The molecule has 2 aliphatic carbocycles. The van der Waals surface area contributed by atoms with Crippen molar-refractivity contribution in [2.45, 2.75) is 29.5 Å². The molecule has 2 bridgehead atoms. The van der Waals surface area contributed by atoms with Gasteiger partial charge < -0.3 is 19.2 Å². The fraction of sp³-hybridized carbons (Fsp3) is 0.400. The first-order valence-corrected chi connectivity index (χ1v) is 15.7. The van der Waals surface area contributed by atoms with Crippen LogP contribution in [-0.2, 0) is 14.3 Å². The van der Waals surface area contributed by atoms with Gasteiger partial charge >= 0.3 is 5.97 Å². The van der Waals surface area contributed by atoms with Crippen molar-refractivity contribution >= 4 is 58.8 Å². The van der Waals surface area contributed by atoms with Crippen molar-refractivity contribution in [2.75, 3.05) is 25.7 Å². The van der Waals surface area contributed by atoms with Gasteiger partial charge in [0.2, 0.25) is 11.8 Å².